The molecular weight excluding hydrogens is 294 g/mol. The Labute approximate surface area is 128 Å². The number of imide groups is 1. The van der Waals surface area contributed by atoms with E-state index in [4.69, 9.17) is 5.73 Å². The second-order valence-corrected chi connectivity index (χ2v) is 6.53. The van der Waals surface area contributed by atoms with E-state index in [2.05, 4.69) is 5.32 Å². The number of hydrogen-bond acceptors (Lipinski definition) is 5. The Balaban J connectivity index is 2.34. The largest absolute Gasteiger partial charge is 0.369 e. The lowest BCUT2D eigenvalue weighted by Crippen LogP contribution is -2.51. The molecule has 0 aromatic carbocycles. The second kappa shape index (κ2) is 7.44. The predicted molar refractivity (Wildman–Crippen MR) is 79.3 cm³/mol. The maximum absolute atomic E-state index is 12.1. The van der Waals surface area contributed by atoms with E-state index in [9.17, 15) is 19.2 Å². The van der Waals surface area contributed by atoms with Gasteiger partial charge < -0.3 is 11.1 Å². The van der Waals surface area contributed by atoms with Gasteiger partial charge in [-0.05, 0) is 6.42 Å². The average molecular weight is 315 g/mol. The summed E-state index contributed by atoms with van der Waals surface area (Å²) in [4.78, 5) is 47.1. The number of thioether (sulfide) groups is 1. The van der Waals surface area contributed by atoms with Crippen LogP contribution in [0.15, 0.2) is 0 Å². The molecule has 1 aliphatic heterocycles. The minimum Gasteiger partial charge on any atom is -0.369 e. The Morgan fingerprint density at radius 3 is 2.62 bits per heavy atom. The Bertz CT molecular complexity index is 451. The highest BCUT2D eigenvalue weighted by atomic mass is 32.2. The molecule has 1 heterocycles. The van der Waals surface area contributed by atoms with Gasteiger partial charge >= 0.3 is 0 Å². The van der Waals surface area contributed by atoms with Gasteiger partial charge in [0.2, 0.25) is 23.6 Å². The first-order valence-electron chi connectivity index (χ1n) is 6.71. The van der Waals surface area contributed by atoms with Gasteiger partial charge in [-0.25, -0.2) is 0 Å². The molecule has 1 saturated heterocycles. The number of likely N-dealkylation sites (tertiary alicyclic amines) is 1. The third-order valence-corrected chi connectivity index (χ3v) is 4.18. The SMILES string of the molecule is CC1(C)CCC(=O)N(CCNC(=O)CSCC(N)=O)C1=O. The summed E-state index contributed by atoms with van der Waals surface area (Å²) in [5, 5.41) is 2.61. The molecule has 0 bridgehead atoms. The molecule has 7 nitrogen and oxygen atoms in total. The van der Waals surface area contributed by atoms with E-state index in [0.717, 1.165) is 11.8 Å². The van der Waals surface area contributed by atoms with Crippen LogP contribution in [0.25, 0.3) is 0 Å². The average Bonchev–Trinajstić information content (AvgIpc) is 2.38. The fourth-order valence-electron chi connectivity index (χ4n) is 1.97. The van der Waals surface area contributed by atoms with Crippen LogP contribution in [0.3, 0.4) is 0 Å². The molecule has 8 heteroatoms. The smallest absolute Gasteiger partial charge is 0.234 e. The standard InChI is InChI=1S/C13H21N3O4S/c1-13(2)4-3-11(19)16(12(13)20)6-5-15-10(18)8-21-7-9(14)17/h3-8H2,1-2H3,(H2,14,17)(H,15,18). The zero-order chi connectivity index (χ0) is 16.0. The van der Waals surface area contributed by atoms with E-state index in [1.165, 1.54) is 4.90 Å². The van der Waals surface area contributed by atoms with Gasteiger partial charge in [-0.1, -0.05) is 13.8 Å². The molecule has 0 aliphatic carbocycles. The highest BCUT2D eigenvalue weighted by Crippen LogP contribution is 2.30. The zero-order valence-electron chi connectivity index (χ0n) is 12.3. The third-order valence-electron chi connectivity index (χ3n) is 3.22. The Morgan fingerprint density at radius 1 is 1.33 bits per heavy atom. The van der Waals surface area contributed by atoms with Crippen molar-refractivity contribution in [1.29, 1.82) is 0 Å². The van der Waals surface area contributed by atoms with Gasteiger partial charge in [0.25, 0.3) is 0 Å². The Kier molecular flexibility index (Phi) is 6.19. The second-order valence-electron chi connectivity index (χ2n) is 5.54. The highest BCUT2D eigenvalue weighted by molar-refractivity contribution is 8.00. The van der Waals surface area contributed by atoms with E-state index in [-0.39, 0.29) is 42.3 Å². The van der Waals surface area contributed by atoms with Crippen molar-refractivity contribution in [3.63, 3.8) is 0 Å². The number of nitrogens with one attached hydrogen (secondary N) is 1. The molecule has 1 fully saturated rings. The van der Waals surface area contributed by atoms with Gasteiger partial charge in [-0.3, -0.25) is 24.1 Å². The molecule has 0 radical (unpaired) electrons. The summed E-state index contributed by atoms with van der Waals surface area (Å²) in [5.41, 5.74) is 4.43. The van der Waals surface area contributed by atoms with E-state index in [1.807, 2.05) is 13.8 Å². The van der Waals surface area contributed by atoms with E-state index in [1.54, 1.807) is 0 Å². The van der Waals surface area contributed by atoms with Gasteiger partial charge in [0.1, 0.15) is 0 Å². The van der Waals surface area contributed by atoms with E-state index in [0.29, 0.717) is 12.8 Å². The lowest BCUT2D eigenvalue weighted by atomic mass is 9.83. The molecule has 21 heavy (non-hydrogen) atoms. The van der Waals surface area contributed by atoms with Crippen molar-refractivity contribution in [3.8, 4) is 0 Å². The minimum atomic E-state index is -0.532. The van der Waals surface area contributed by atoms with Crippen LogP contribution < -0.4 is 11.1 Å². The van der Waals surface area contributed by atoms with Crippen molar-refractivity contribution in [3.05, 3.63) is 0 Å². The van der Waals surface area contributed by atoms with Crippen molar-refractivity contribution >= 4 is 35.4 Å². The van der Waals surface area contributed by atoms with Crippen molar-refractivity contribution in [2.24, 2.45) is 11.1 Å². The quantitative estimate of drug-likeness (QED) is 0.615. The van der Waals surface area contributed by atoms with Gasteiger partial charge in [0.15, 0.2) is 0 Å². The van der Waals surface area contributed by atoms with Crippen molar-refractivity contribution in [2.45, 2.75) is 26.7 Å². The lowest BCUT2D eigenvalue weighted by Gasteiger charge is -2.35. The number of amides is 4. The Morgan fingerprint density at radius 2 is 2.00 bits per heavy atom. The number of carbonyl (C=O) groups excluding carboxylic acids is 4. The summed E-state index contributed by atoms with van der Waals surface area (Å²) in [7, 11) is 0. The van der Waals surface area contributed by atoms with Crippen LogP contribution in [0.1, 0.15) is 26.7 Å². The van der Waals surface area contributed by atoms with Crippen LogP contribution in [0.5, 0.6) is 0 Å². The molecule has 118 valence electrons. The number of primary amides is 1. The van der Waals surface area contributed by atoms with Gasteiger partial charge in [-0.2, -0.15) is 0 Å². The molecular formula is C13H21N3O4S. The minimum absolute atomic E-state index is 0.0880. The lowest BCUT2D eigenvalue weighted by molar-refractivity contribution is -0.156. The first-order valence-corrected chi connectivity index (χ1v) is 7.87. The molecule has 1 aliphatic rings. The fourth-order valence-corrected chi connectivity index (χ4v) is 2.56. The molecule has 0 spiro atoms. The first-order chi connectivity index (χ1) is 9.74. The van der Waals surface area contributed by atoms with E-state index < -0.39 is 11.3 Å². The first kappa shape index (κ1) is 17.5. The van der Waals surface area contributed by atoms with Crippen LogP contribution in [-0.2, 0) is 19.2 Å². The molecule has 4 amide bonds. The maximum Gasteiger partial charge on any atom is 0.234 e. The van der Waals surface area contributed by atoms with Crippen LogP contribution >= 0.6 is 11.8 Å². The molecule has 0 atom stereocenters. The molecule has 0 aromatic heterocycles. The number of piperidine rings is 1. The zero-order valence-corrected chi connectivity index (χ0v) is 13.1. The molecule has 0 aromatic rings. The number of carbonyl (C=O) groups is 4. The number of rotatable bonds is 7. The summed E-state index contributed by atoms with van der Waals surface area (Å²) in [6.07, 6.45) is 0.901. The predicted octanol–water partition coefficient (Wildman–Crippen LogP) is -0.504. The molecule has 1 rings (SSSR count). The third kappa shape index (κ3) is 5.37. The van der Waals surface area contributed by atoms with Crippen LogP contribution in [-0.4, -0.2) is 53.1 Å². The molecule has 0 saturated carbocycles. The highest BCUT2D eigenvalue weighted by Gasteiger charge is 2.39. The van der Waals surface area contributed by atoms with Crippen LogP contribution in [0.2, 0.25) is 0 Å². The van der Waals surface area contributed by atoms with Gasteiger partial charge in [-0.15, -0.1) is 11.8 Å². The Hall–Kier alpha value is -1.57. The van der Waals surface area contributed by atoms with E-state index >= 15 is 0 Å². The maximum atomic E-state index is 12.1. The van der Waals surface area contributed by atoms with Crippen molar-refractivity contribution in [1.82, 2.24) is 10.2 Å². The van der Waals surface area contributed by atoms with Crippen molar-refractivity contribution < 1.29 is 19.2 Å². The summed E-state index contributed by atoms with van der Waals surface area (Å²) in [6.45, 7) is 4.01. The number of hydrogen-bond donors (Lipinski definition) is 2. The summed E-state index contributed by atoms with van der Waals surface area (Å²) < 4.78 is 0. The van der Waals surface area contributed by atoms with Crippen molar-refractivity contribution in [2.75, 3.05) is 24.6 Å². The normalized spacial score (nSPS) is 17.7. The number of nitrogens with two attached hydrogens (primary N) is 1. The molecule has 3 N–H and O–H groups in total. The number of nitrogens with zero attached hydrogens (tertiary/aromatic N) is 1. The van der Waals surface area contributed by atoms with Crippen LogP contribution in [0.4, 0.5) is 0 Å². The van der Waals surface area contributed by atoms with Gasteiger partial charge in [0, 0.05) is 24.9 Å². The monoisotopic (exact) mass is 315 g/mol. The summed E-state index contributed by atoms with van der Waals surface area (Å²) in [6, 6.07) is 0. The van der Waals surface area contributed by atoms with Gasteiger partial charge in [0.05, 0.1) is 11.5 Å². The van der Waals surface area contributed by atoms with Crippen LogP contribution in [0, 0.1) is 5.41 Å². The topological polar surface area (TPSA) is 110 Å². The summed E-state index contributed by atoms with van der Waals surface area (Å²) in [5.74, 6) is -0.911. The summed E-state index contributed by atoms with van der Waals surface area (Å²) >= 11 is 1.12. The fraction of sp³-hybridized carbons (Fsp3) is 0.692. The molecule has 0 unspecified atom stereocenters.